The predicted molar refractivity (Wildman–Crippen MR) is 97.6 cm³/mol. The first-order valence-corrected chi connectivity index (χ1v) is 8.56. The summed E-state index contributed by atoms with van der Waals surface area (Å²) in [7, 11) is 0. The number of benzene rings is 3. The molecule has 0 fully saturated rings. The topological polar surface area (TPSA) is 9.23 Å². The van der Waals surface area contributed by atoms with Gasteiger partial charge in [-0.25, -0.2) is 13.2 Å². The molecule has 0 aliphatic heterocycles. The van der Waals surface area contributed by atoms with Gasteiger partial charge in [-0.15, -0.1) is 0 Å². The third-order valence-electron chi connectivity index (χ3n) is 4.13. The highest BCUT2D eigenvalue weighted by atomic mass is 19.1. The number of hydrogen-bond acceptors (Lipinski definition) is 1. The Hall–Kier alpha value is -2.75. The van der Waals surface area contributed by atoms with E-state index in [0.717, 1.165) is 36.8 Å². The lowest BCUT2D eigenvalue weighted by molar-refractivity contribution is 0.309. The van der Waals surface area contributed by atoms with Gasteiger partial charge in [0.2, 0.25) is 0 Å². The van der Waals surface area contributed by atoms with Crippen molar-refractivity contribution in [2.45, 2.75) is 19.8 Å². The summed E-state index contributed by atoms with van der Waals surface area (Å²) in [5.74, 6) is -0.823. The fraction of sp³-hybridized carbons (Fsp3) is 0.182. The van der Waals surface area contributed by atoms with Crippen LogP contribution in [0.4, 0.5) is 13.2 Å². The van der Waals surface area contributed by atoms with E-state index in [1.165, 1.54) is 18.2 Å². The van der Waals surface area contributed by atoms with Crippen molar-refractivity contribution in [2.24, 2.45) is 0 Å². The van der Waals surface area contributed by atoms with Crippen molar-refractivity contribution < 1.29 is 17.9 Å². The van der Waals surface area contributed by atoms with Crippen LogP contribution in [0.1, 0.15) is 19.8 Å². The molecule has 0 saturated heterocycles. The lowest BCUT2D eigenvalue weighted by Gasteiger charge is -2.12. The Morgan fingerprint density at radius 2 is 1.38 bits per heavy atom. The highest BCUT2D eigenvalue weighted by Gasteiger charge is 2.13. The smallest absolute Gasteiger partial charge is 0.131 e. The SMILES string of the molecule is CCCCOc1ccc(-c2cc(F)ccc2-c2cc(F)ccc2F)cc1. The quantitative estimate of drug-likeness (QED) is 0.451. The van der Waals surface area contributed by atoms with Crippen molar-refractivity contribution >= 4 is 0 Å². The van der Waals surface area contributed by atoms with Crippen LogP contribution in [-0.2, 0) is 0 Å². The monoisotopic (exact) mass is 356 g/mol. The van der Waals surface area contributed by atoms with Gasteiger partial charge >= 0.3 is 0 Å². The van der Waals surface area contributed by atoms with Crippen LogP contribution < -0.4 is 4.74 Å². The minimum absolute atomic E-state index is 0.100. The van der Waals surface area contributed by atoms with Crippen LogP contribution in [0.5, 0.6) is 5.75 Å². The first-order valence-electron chi connectivity index (χ1n) is 8.56. The fourth-order valence-corrected chi connectivity index (χ4v) is 2.76. The zero-order valence-electron chi connectivity index (χ0n) is 14.4. The average Bonchev–Trinajstić information content (AvgIpc) is 2.65. The van der Waals surface area contributed by atoms with Gasteiger partial charge in [-0.2, -0.15) is 0 Å². The number of ether oxygens (including phenoxy) is 1. The number of unbranched alkanes of at least 4 members (excludes halogenated alkanes) is 1. The Kier molecular flexibility index (Phi) is 5.61. The maximum Gasteiger partial charge on any atom is 0.131 e. The van der Waals surface area contributed by atoms with E-state index in [4.69, 9.17) is 4.74 Å². The highest BCUT2D eigenvalue weighted by molar-refractivity contribution is 5.83. The molecular formula is C22H19F3O. The molecule has 0 radical (unpaired) electrons. The van der Waals surface area contributed by atoms with E-state index in [1.54, 1.807) is 24.3 Å². The van der Waals surface area contributed by atoms with Crippen molar-refractivity contribution in [3.8, 4) is 28.0 Å². The molecule has 0 spiro atoms. The van der Waals surface area contributed by atoms with E-state index in [9.17, 15) is 13.2 Å². The van der Waals surface area contributed by atoms with Crippen molar-refractivity contribution in [1.82, 2.24) is 0 Å². The van der Waals surface area contributed by atoms with E-state index >= 15 is 0 Å². The van der Waals surface area contributed by atoms with Crippen LogP contribution in [0.3, 0.4) is 0 Å². The Morgan fingerprint density at radius 3 is 2.08 bits per heavy atom. The molecule has 0 aliphatic rings. The molecule has 0 saturated carbocycles. The molecule has 3 aromatic rings. The maximum atomic E-state index is 14.2. The van der Waals surface area contributed by atoms with Crippen LogP contribution in [0.15, 0.2) is 60.7 Å². The van der Waals surface area contributed by atoms with Crippen LogP contribution in [0.25, 0.3) is 22.3 Å². The summed E-state index contributed by atoms with van der Waals surface area (Å²) >= 11 is 0. The number of hydrogen-bond donors (Lipinski definition) is 0. The van der Waals surface area contributed by atoms with Crippen LogP contribution in [0, 0.1) is 17.5 Å². The van der Waals surface area contributed by atoms with Gasteiger partial charge in [-0.3, -0.25) is 0 Å². The minimum Gasteiger partial charge on any atom is -0.494 e. The highest BCUT2D eigenvalue weighted by Crippen LogP contribution is 2.35. The van der Waals surface area contributed by atoms with Gasteiger partial charge in [-0.1, -0.05) is 31.5 Å². The molecule has 3 aromatic carbocycles. The summed E-state index contributed by atoms with van der Waals surface area (Å²) < 4.78 is 47.2. The Balaban J connectivity index is 1.99. The van der Waals surface area contributed by atoms with Gasteiger partial charge in [-0.05, 0) is 65.6 Å². The second kappa shape index (κ2) is 8.09. The first-order chi connectivity index (χ1) is 12.6. The maximum absolute atomic E-state index is 14.2. The van der Waals surface area contributed by atoms with Gasteiger partial charge in [0.25, 0.3) is 0 Å². The molecule has 0 heterocycles. The van der Waals surface area contributed by atoms with Gasteiger partial charge in [0.1, 0.15) is 23.2 Å². The van der Waals surface area contributed by atoms with E-state index < -0.39 is 17.5 Å². The van der Waals surface area contributed by atoms with Crippen LogP contribution in [0.2, 0.25) is 0 Å². The van der Waals surface area contributed by atoms with Gasteiger partial charge < -0.3 is 4.74 Å². The largest absolute Gasteiger partial charge is 0.494 e. The zero-order valence-corrected chi connectivity index (χ0v) is 14.4. The second-order valence-corrected chi connectivity index (χ2v) is 6.04. The standard InChI is InChI=1S/C22H19F3O/c1-2-3-12-26-18-8-4-15(5-9-18)20-13-16(23)6-10-19(20)21-14-17(24)7-11-22(21)25/h4-11,13-14H,2-3,12H2,1H3. The van der Waals surface area contributed by atoms with Crippen molar-refractivity contribution in [3.63, 3.8) is 0 Å². The van der Waals surface area contributed by atoms with E-state index in [0.29, 0.717) is 23.3 Å². The molecule has 0 N–H and O–H groups in total. The molecule has 4 heteroatoms. The summed E-state index contributed by atoms with van der Waals surface area (Å²) in [6.45, 7) is 2.72. The zero-order chi connectivity index (χ0) is 18.5. The van der Waals surface area contributed by atoms with E-state index in [-0.39, 0.29) is 5.56 Å². The third kappa shape index (κ3) is 4.07. The molecular weight excluding hydrogens is 337 g/mol. The van der Waals surface area contributed by atoms with Crippen LogP contribution >= 0.6 is 0 Å². The second-order valence-electron chi connectivity index (χ2n) is 6.04. The molecule has 0 atom stereocenters. The molecule has 3 rings (SSSR count). The minimum atomic E-state index is -0.557. The number of rotatable bonds is 6. The Labute approximate surface area is 151 Å². The Morgan fingerprint density at radius 1 is 0.731 bits per heavy atom. The summed E-state index contributed by atoms with van der Waals surface area (Å²) in [6, 6.07) is 14.4. The molecule has 1 nitrogen and oxygen atoms in total. The average molecular weight is 356 g/mol. The molecule has 0 bridgehead atoms. The molecule has 0 aliphatic carbocycles. The summed E-state index contributed by atoms with van der Waals surface area (Å²) in [5, 5.41) is 0. The summed E-state index contributed by atoms with van der Waals surface area (Å²) in [6.07, 6.45) is 2.01. The third-order valence-corrected chi connectivity index (χ3v) is 4.13. The van der Waals surface area contributed by atoms with Gasteiger partial charge in [0.05, 0.1) is 6.61 Å². The summed E-state index contributed by atoms with van der Waals surface area (Å²) in [4.78, 5) is 0. The van der Waals surface area contributed by atoms with Crippen molar-refractivity contribution in [2.75, 3.05) is 6.61 Å². The summed E-state index contributed by atoms with van der Waals surface area (Å²) in [5.41, 5.74) is 1.73. The van der Waals surface area contributed by atoms with Gasteiger partial charge in [0, 0.05) is 5.56 Å². The van der Waals surface area contributed by atoms with E-state index in [2.05, 4.69) is 6.92 Å². The lowest BCUT2D eigenvalue weighted by Crippen LogP contribution is -1.96. The molecule has 0 unspecified atom stereocenters. The number of halogens is 3. The van der Waals surface area contributed by atoms with Gasteiger partial charge in [0.15, 0.2) is 0 Å². The van der Waals surface area contributed by atoms with E-state index in [1.807, 2.05) is 0 Å². The molecule has 0 amide bonds. The van der Waals surface area contributed by atoms with Crippen molar-refractivity contribution in [1.29, 1.82) is 0 Å². The first kappa shape index (κ1) is 18.1. The lowest BCUT2D eigenvalue weighted by atomic mass is 9.94. The predicted octanol–water partition coefficient (Wildman–Crippen LogP) is 6.62. The van der Waals surface area contributed by atoms with Crippen molar-refractivity contribution in [3.05, 3.63) is 78.1 Å². The molecule has 134 valence electrons. The van der Waals surface area contributed by atoms with Crippen LogP contribution in [-0.4, -0.2) is 6.61 Å². The fourth-order valence-electron chi connectivity index (χ4n) is 2.76. The molecule has 0 aromatic heterocycles. The molecule has 26 heavy (non-hydrogen) atoms. The Bertz CT molecular complexity index is 888. The normalized spacial score (nSPS) is 10.8.